The van der Waals surface area contributed by atoms with Gasteiger partial charge in [-0.05, 0) is 43.5 Å². The van der Waals surface area contributed by atoms with Gasteiger partial charge in [-0.1, -0.05) is 35.9 Å². The predicted octanol–water partition coefficient (Wildman–Crippen LogP) is 4.93. The monoisotopic (exact) mass is 480 g/mol. The lowest BCUT2D eigenvalue weighted by Gasteiger charge is -2.42. The van der Waals surface area contributed by atoms with E-state index in [-0.39, 0.29) is 12.1 Å². The van der Waals surface area contributed by atoms with Crippen molar-refractivity contribution in [3.8, 4) is 10.4 Å². The molecule has 0 saturated carbocycles. The second kappa shape index (κ2) is 9.02. The number of hydrogen-bond acceptors (Lipinski definition) is 5. The Hall–Kier alpha value is -2.94. The fraction of sp³-hybridized carbons (Fsp3) is 0.308. The fourth-order valence-electron chi connectivity index (χ4n) is 4.77. The van der Waals surface area contributed by atoms with E-state index in [0.717, 1.165) is 19.0 Å². The first-order valence-electron chi connectivity index (χ1n) is 11.3. The zero-order chi connectivity index (χ0) is 23.9. The highest BCUT2D eigenvalue weighted by atomic mass is 32.1. The summed E-state index contributed by atoms with van der Waals surface area (Å²) in [4.78, 5) is 8.68. The Morgan fingerprint density at radius 3 is 2.76 bits per heavy atom. The van der Waals surface area contributed by atoms with Gasteiger partial charge in [0.05, 0.1) is 6.54 Å². The molecule has 5 nitrogen and oxygen atoms in total. The topological polar surface area (TPSA) is 54.2 Å². The van der Waals surface area contributed by atoms with Gasteiger partial charge >= 0.3 is 0 Å². The van der Waals surface area contributed by atoms with Gasteiger partial charge in [0.15, 0.2) is 0 Å². The van der Waals surface area contributed by atoms with Crippen LogP contribution >= 0.6 is 11.3 Å². The molecule has 176 valence electrons. The zero-order valence-electron chi connectivity index (χ0n) is 19.1. The van der Waals surface area contributed by atoms with Crippen molar-refractivity contribution in [2.75, 3.05) is 6.54 Å². The van der Waals surface area contributed by atoms with Gasteiger partial charge in [0, 0.05) is 40.5 Å². The predicted molar refractivity (Wildman–Crippen MR) is 128 cm³/mol. The molecular formula is C26H26F2N4OS. The van der Waals surface area contributed by atoms with Gasteiger partial charge in [-0.25, -0.2) is 18.4 Å². The van der Waals surface area contributed by atoms with Gasteiger partial charge in [-0.15, -0.1) is 11.3 Å². The van der Waals surface area contributed by atoms with E-state index in [4.69, 9.17) is 0 Å². The normalized spacial score (nSPS) is 16.7. The second-order valence-electron chi connectivity index (χ2n) is 8.97. The summed E-state index contributed by atoms with van der Waals surface area (Å²) in [5, 5.41) is 16.0. The molecule has 0 unspecified atom stereocenters. The summed E-state index contributed by atoms with van der Waals surface area (Å²) in [5.41, 5.74) is 2.06. The number of aliphatic hydroxyl groups is 1. The van der Waals surface area contributed by atoms with E-state index in [2.05, 4.69) is 52.2 Å². The fourth-order valence-corrected chi connectivity index (χ4v) is 5.93. The molecule has 0 saturated heterocycles. The number of nitrogens with zero attached hydrogens (tertiary/aromatic N) is 4. The van der Waals surface area contributed by atoms with Gasteiger partial charge in [0.2, 0.25) is 0 Å². The minimum absolute atomic E-state index is 0.00173. The Kier molecular flexibility index (Phi) is 6.06. The lowest BCUT2D eigenvalue weighted by molar-refractivity contribution is -0.0675. The van der Waals surface area contributed by atoms with Crippen molar-refractivity contribution < 1.29 is 13.9 Å². The van der Waals surface area contributed by atoms with E-state index in [9.17, 15) is 13.9 Å². The van der Waals surface area contributed by atoms with E-state index in [1.807, 2.05) is 18.3 Å². The van der Waals surface area contributed by atoms with Gasteiger partial charge in [0.25, 0.3) is 0 Å². The molecule has 0 bridgehead atoms. The van der Waals surface area contributed by atoms with Gasteiger partial charge in [0.1, 0.15) is 29.9 Å². The molecule has 2 aromatic carbocycles. The van der Waals surface area contributed by atoms with E-state index >= 15 is 0 Å². The third-order valence-electron chi connectivity index (χ3n) is 6.70. The lowest BCUT2D eigenvalue weighted by Crippen LogP contribution is -2.53. The molecule has 34 heavy (non-hydrogen) atoms. The molecule has 2 atom stereocenters. The molecule has 1 aliphatic rings. The summed E-state index contributed by atoms with van der Waals surface area (Å²) < 4.78 is 30.0. The first kappa shape index (κ1) is 22.8. The largest absolute Gasteiger partial charge is 0.381 e. The molecule has 0 aliphatic carbocycles. The van der Waals surface area contributed by atoms with Gasteiger partial charge in [-0.3, -0.25) is 4.90 Å². The van der Waals surface area contributed by atoms with Crippen molar-refractivity contribution >= 4 is 11.3 Å². The smallest absolute Gasteiger partial charge is 0.137 e. The molecule has 0 amide bonds. The SMILES string of the molecule is Cc1cccc(-c2cc3c(s2)CCN([C@H](C)[C@](O)(Cn2cncn2)c2ccc(F)cc2F)C3)c1. The number of halogens is 2. The summed E-state index contributed by atoms with van der Waals surface area (Å²) in [5.74, 6) is -1.45. The Morgan fingerprint density at radius 2 is 2.03 bits per heavy atom. The van der Waals surface area contributed by atoms with E-state index in [0.29, 0.717) is 6.54 Å². The first-order chi connectivity index (χ1) is 16.3. The van der Waals surface area contributed by atoms with Crippen LogP contribution in [0.15, 0.2) is 61.2 Å². The summed E-state index contributed by atoms with van der Waals surface area (Å²) in [6.07, 6.45) is 3.71. The summed E-state index contributed by atoms with van der Waals surface area (Å²) in [6, 6.07) is 13.5. The maximum Gasteiger partial charge on any atom is 0.137 e. The average Bonchev–Trinajstić information content (AvgIpc) is 3.47. The van der Waals surface area contributed by atoms with Crippen LogP contribution < -0.4 is 0 Å². The Labute approximate surface area is 201 Å². The van der Waals surface area contributed by atoms with Crippen LogP contribution in [0.2, 0.25) is 0 Å². The first-order valence-corrected chi connectivity index (χ1v) is 12.1. The van der Waals surface area contributed by atoms with E-state index in [1.54, 1.807) is 0 Å². The highest BCUT2D eigenvalue weighted by Crippen LogP contribution is 2.38. The molecule has 1 aliphatic heterocycles. The van der Waals surface area contributed by atoms with E-state index in [1.165, 1.54) is 55.9 Å². The number of hydrogen-bond donors (Lipinski definition) is 1. The Balaban J connectivity index is 1.46. The number of aryl methyl sites for hydroxylation is 1. The third-order valence-corrected chi connectivity index (χ3v) is 7.99. The van der Waals surface area contributed by atoms with Crippen LogP contribution in [0, 0.1) is 18.6 Å². The quantitative estimate of drug-likeness (QED) is 0.425. The molecule has 5 rings (SSSR count). The molecule has 2 aromatic heterocycles. The summed E-state index contributed by atoms with van der Waals surface area (Å²) in [7, 11) is 0. The van der Waals surface area contributed by atoms with Crippen LogP contribution in [0.4, 0.5) is 8.78 Å². The average molecular weight is 481 g/mol. The number of benzene rings is 2. The Morgan fingerprint density at radius 1 is 1.18 bits per heavy atom. The molecule has 8 heteroatoms. The summed E-state index contributed by atoms with van der Waals surface area (Å²) >= 11 is 1.81. The highest BCUT2D eigenvalue weighted by molar-refractivity contribution is 7.15. The van der Waals surface area contributed by atoms with Crippen LogP contribution in [-0.2, 0) is 25.1 Å². The van der Waals surface area contributed by atoms with Crippen LogP contribution in [0.25, 0.3) is 10.4 Å². The molecular weight excluding hydrogens is 454 g/mol. The van der Waals surface area contributed by atoms with Crippen LogP contribution in [0.3, 0.4) is 0 Å². The molecule has 3 heterocycles. The van der Waals surface area contributed by atoms with E-state index < -0.39 is 23.3 Å². The van der Waals surface area contributed by atoms with Crippen LogP contribution in [-0.4, -0.2) is 37.4 Å². The molecule has 0 spiro atoms. The van der Waals surface area contributed by atoms with Crippen molar-refractivity contribution in [3.05, 3.63) is 94.4 Å². The third kappa shape index (κ3) is 4.29. The molecule has 1 N–H and O–H groups in total. The number of thiophene rings is 1. The minimum atomic E-state index is -1.64. The number of rotatable bonds is 6. The number of fused-ring (bicyclic) bond motifs is 1. The van der Waals surface area contributed by atoms with Crippen molar-refractivity contribution in [1.29, 1.82) is 0 Å². The second-order valence-corrected chi connectivity index (χ2v) is 10.1. The number of aromatic nitrogens is 3. The minimum Gasteiger partial charge on any atom is -0.381 e. The van der Waals surface area contributed by atoms with Crippen molar-refractivity contribution in [3.63, 3.8) is 0 Å². The molecule has 4 aromatic rings. The highest BCUT2D eigenvalue weighted by Gasteiger charge is 2.42. The maximum atomic E-state index is 14.9. The molecule has 0 radical (unpaired) electrons. The van der Waals surface area contributed by atoms with Crippen molar-refractivity contribution in [2.24, 2.45) is 0 Å². The standard InChI is InChI=1S/C26H26F2N4OS/c1-17-4-3-5-19(10-17)25-11-20-13-31(9-8-24(20)34-25)18(2)26(33,14-32-16-29-15-30-32)22-7-6-21(27)12-23(22)28/h3-7,10-12,15-16,18,33H,8-9,13-14H2,1-2H3/t18-,26-/m1/s1. The van der Waals surface area contributed by atoms with Gasteiger partial charge in [-0.2, -0.15) is 5.10 Å². The van der Waals surface area contributed by atoms with Crippen LogP contribution in [0.1, 0.15) is 28.5 Å². The van der Waals surface area contributed by atoms with Gasteiger partial charge < -0.3 is 5.11 Å². The van der Waals surface area contributed by atoms with Crippen molar-refractivity contribution in [2.45, 2.75) is 45.0 Å². The van der Waals surface area contributed by atoms with Crippen LogP contribution in [0.5, 0.6) is 0 Å². The molecule has 0 fully saturated rings. The zero-order valence-corrected chi connectivity index (χ0v) is 19.9. The lowest BCUT2D eigenvalue weighted by atomic mass is 9.84. The Bertz CT molecular complexity index is 1310. The maximum absolute atomic E-state index is 14.9. The summed E-state index contributed by atoms with van der Waals surface area (Å²) in [6.45, 7) is 5.34. The van der Waals surface area contributed by atoms with Crippen molar-refractivity contribution in [1.82, 2.24) is 19.7 Å².